The second-order valence-corrected chi connectivity index (χ2v) is 7.99. The molecule has 1 aliphatic heterocycles. The highest BCUT2D eigenvalue weighted by atomic mass is 35.5. The molecule has 0 saturated carbocycles. The molecular formula is C21H23ClN2O3S. The summed E-state index contributed by atoms with van der Waals surface area (Å²) >= 11 is 11.6. The number of fused-ring (bicyclic) bond motifs is 1. The van der Waals surface area contributed by atoms with Gasteiger partial charge in [-0.2, -0.15) is 0 Å². The fourth-order valence-corrected chi connectivity index (χ4v) is 3.68. The molecule has 1 aliphatic rings. The summed E-state index contributed by atoms with van der Waals surface area (Å²) in [6, 6.07) is 13.0. The first-order chi connectivity index (χ1) is 13.3. The normalized spacial score (nSPS) is 17.1. The molecule has 0 fully saturated rings. The van der Waals surface area contributed by atoms with Gasteiger partial charge in [0.25, 0.3) is 0 Å². The standard InChI is InChI=1S/C21H23ClN2O3S/c1-4-26-19(25)15-11-13(9-10-16(15)22)23-20(28)24-17-12-21(2,3)27-18-8-6-5-7-14(17)18/h5-11,17H,4,12H2,1-3H3,(H2,23,24,28). The summed E-state index contributed by atoms with van der Waals surface area (Å²) in [6.45, 7) is 6.14. The number of carbonyl (C=O) groups excluding carboxylic acids is 1. The number of hydrogen-bond acceptors (Lipinski definition) is 4. The number of ether oxygens (including phenoxy) is 2. The molecule has 0 aliphatic carbocycles. The lowest BCUT2D eigenvalue weighted by Gasteiger charge is -2.38. The Labute approximate surface area is 175 Å². The van der Waals surface area contributed by atoms with Crippen LogP contribution in [0.15, 0.2) is 42.5 Å². The van der Waals surface area contributed by atoms with Gasteiger partial charge in [0.1, 0.15) is 11.4 Å². The Morgan fingerprint density at radius 2 is 2.07 bits per heavy atom. The Kier molecular flexibility index (Phi) is 6.10. The average molecular weight is 419 g/mol. The van der Waals surface area contributed by atoms with Crippen molar-refractivity contribution in [1.82, 2.24) is 5.32 Å². The number of carbonyl (C=O) groups is 1. The molecule has 1 heterocycles. The van der Waals surface area contributed by atoms with Crippen LogP contribution in [0.25, 0.3) is 0 Å². The Balaban J connectivity index is 1.74. The fraction of sp³-hybridized carbons (Fsp3) is 0.333. The summed E-state index contributed by atoms with van der Waals surface area (Å²) in [7, 11) is 0. The van der Waals surface area contributed by atoms with Gasteiger partial charge in [-0.25, -0.2) is 4.79 Å². The molecule has 0 radical (unpaired) electrons. The highest BCUT2D eigenvalue weighted by Crippen LogP contribution is 2.39. The Bertz CT molecular complexity index is 901. The quantitative estimate of drug-likeness (QED) is 0.531. The molecule has 0 spiro atoms. The molecule has 0 amide bonds. The first-order valence-corrected chi connectivity index (χ1v) is 9.90. The average Bonchev–Trinajstić information content (AvgIpc) is 2.62. The van der Waals surface area contributed by atoms with Crippen LogP contribution in [0.3, 0.4) is 0 Å². The van der Waals surface area contributed by atoms with Crippen molar-refractivity contribution in [3.63, 3.8) is 0 Å². The molecular weight excluding hydrogens is 396 g/mol. The van der Waals surface area contributed by atoms with E-state index in [9.17, 15) is 4.79 Å². The first-order valence-electron chi connectivity index (χ1n) is 9.11. The molecule has 2 aromatic rings. The van der Waals surface area contributed by atoms with Crippen LogP contribution in [0.1, 0.15) is 49.2 Å². The number of benzene rings is 2. The lowest BCUT2D eigenvalue weighted by atomic mass is 9.90. The van der Waals surface area contributed by atoms with Crippen molar-refractivity contribution in [1.29, 1.82) is 0 Å². The van der Waals surface area contributed by atoms with Crippen molar-refractivity contribution in [2.24, 2.45) is 0 Å². The van der Waals surface area contributed by atoms with Crippen molar-refractivity contribution >= 4 is 40.6 Å². The first kappa shape index (κ1) is 20.4. The molecule has 7 heteroatoms. The third-order valence-electron chi connectivity index (χ3n) is 4.40. The summed E-state index contributed by atoms with van der Waals surface area (Å²) in [5.41, 5.74) is 1.71. The van der Waals surface area contributed by atoms with Crippen LogP contribution in [0, 0.1) is 0 Å². The van der Waals surface area contributed by atoms with Crippen molar-refractivity contribution in [2.75, 3.05) is 11.9 Å². The Morgan fingerprint density at radius 3 is 2.82 bits per heavy atom. The van der Waals surface area contributed by atoms with Crippen LogP contribution in [0.5, 0.6) is 5.75 Å². The van der Waals surface area contributed by atoms with Gasteiger partial charge in [0.05, 0.1) is 23.2 Å². The van der Waals surface area contributed by atoms with Gasteiger partial charge in [-0.05, 0) is 57.3 Å². The van der Waals surface area contributed by atoms with Crippen LogP contribution in [0.4, 0.5) is 5.69 Å². The molecule has 0 aromatic heterocycles. The van der Waals surface area contributed by atoms with E-state index in [4.69, 9.17) is 33.3 Å². The highest BCUT2D eigenvalue weighted by molar-refractivity contribution is 7.80. The van der Waals surface area contributed by atoms with E-state index in [1.807, 2.05) is 24.3 Å². The summed E-state index contributed by atoms with van der Waals surface area (Å²) in [5, 5.41) is 7.27. The van der Waals surface area contributed by atoms with Gasteiger partial charge < -0.3 is 20.1 Å². The topological polar surface area (TPSA) is 59.6 Å². The third-order valence-corrected chi connectivity index (χ3v) is 4.95. The lowest BCUT2D eigenvalue weighted by molar-refractivity contribution is 0.0526. The van der Waals surface area contributed by atoms with E-state index in [-0.39, 0.29) is 18.2 Å². The lowest BCUT2D eigenvalue weighted by Crippen LogP contribution is -2.42. The van der Waals surface area contributed by atoms with Crippen LogP contribution in [0.2, 0.25) is 5.02 Å². The molecule has 1 unspecified atom stereocenters. The van der Waals surface area contributed by atoms with E-state index in [1.165, 1.54) is 0 Å². The van der Waals surface area contributed by atoms with Crippen molar-refractivity contribution in [3.05, 3.63) is 58.6 Å². The number of esters is 1. The zero-order chi connectivity index (χ0) is 20.3. The van der Waals surface area contributed by atoms with Crippen molar-refractivity contribution in [2.45, 2.75) is 38.8 Å². The van der Waals surface area contributed by atoms with Gasteiger partial charge in [-0.15, -0.1) is 0 Å². The SMILES string of the molecule is CCOC(=O)c1cc(NC(=S)NC2CC(C)(C)Oc3ccccc32)ccc1Cl. The number of para-hydroxylation sites is 1. The number of rotatable bonds is 4. The monoisotopic (exact) mass is 418 g/mol. The summed E-state index contributed by atoms with van der Waals surface area (Å²) in [5.74, 6) is 0.394. The third kappa shape index (κ3) is 4.75. The van der Waals surface area contributed by atoms with Crippen LogP contribution >= 0.6 is 23.8 Å². The minimum absolute atomic E-state index is 0.0109. The van der Waals surface area contributed by atoms with Gasteiger partial charge in [0.2, 0.25) is 0 Å². The number of thiocarbonyl (C=S) groups is 1. The van der Waals surface area contributed by atoms with E-state index < -0.39 is 5.97 Å². The largest absolute Gasteiger partial charge is 0.487 e. The number of anilines is 1. The van der Waals surface area contributed by atoms with Crippen LogP contribution < -0.4 is 15.4 Å². The molecule has 2 aromatic carbocycles. The Hall–Kier alpha value is -2.31. The predicted molar refractivity (Wildman–Crippen MR) is 115 cm³/mol. The minimum Gasteiger partial charge on any atom is -0.487 e. The van der Waals surface area contributed by atoms with Crippen molar-refractivity contribution in [3.8, 4) is 5.75 Å². The maximum Gasteiger partial charge on any atom is 0.339 e. The van der Waals surface area contributed by atoms with Gasteiger partial charge in [0, 0.05) is 17.7 Å². The highest BCUT2D eigenvalue weighted by Gasteiger charge is 2.33. The number of hydrogen-bond donors (Lipinski definition) is 2. The predicted octanol–water partition coefficient (Wildman–Crippen LogP) is 5.11. The van der Waals surface area contributed by atoms with Crippen molar-refractivity contribution < 1.29 is 14.3 Å². The number of halogens is 1. The molecule has 0 saturated heterocycles. The zero-order valence-electron chi connectivity index (χ0n) is 16.0. The maximum atomic E-state index is 12.0. The van der Waals surface area contributed by atoms with E-state index in [0.717, 1.165) is 17.7 Å². The van der Waals surface area contributed by atoms with E-state index >= 15 is 0 Å². The second-order valence-electron chi connectivity index (χ2n) is 7.17. The molecule has 0 bridgehead atoms. The van der Waals surface area contributed by atoms with Gasteiger partial charge in [-0.1, -0.05) is 29.8 Å². The maximum absolute atomic E-state index is 12.0. The van der Waals surface area contributed by atoms with E-state index in [1.54, 1.807) is 25.1 Å². The van der Waals surface area contributed by atoms with Gasteiger partial charge in [0.15, 0.2) is 5.11 Å². The summed E-state index contributed by atoms with van der Waals surface area (Å²) < 4.78 is 11.1. The van der Waals surface area contributed by atoms with E-state index in [2.05, 4.69) is 24.5 Å². The Morgan fingerprint density at radius 1 is 1.32 bits per heavy atom. The molecule has 2 N–H and O–H groups in total. The fourth-order valence-electron chi connectivity index (χ4n) is 3.22. The van der Waals surface area contributed by atoms with Gasteiger partial charge >= 0.3 is 5.97 Å². The molecule has 5 nitrogen and oxygen atoms in total. The van der Waals surface area contributed by atoms with E-state index in [0.29, 0.717) is 21.4 Å². The summed E-state index contributed by atoms with van der Waals surface area (Å²) in [4.78, 5) is 12.0. The van der Waals surface area contributed by atoms with Crippen LogP contribution in [-0.4, -0.2) is 23.3 Å². The number of nitrogens with one attached hydrogen (secondary N) is 2. The zero-order valence-corrected chi connectivity index (χ0v) is 17.6. The molecule has 1 atom stereocenters. The summed E-state index contributed by atoms with van der Waals surface area (Å²) in [6.07, 6.45) is 0.764. The minimum atomic E-state index is -0.463. The molecule has 3 rings (SSSR count). The smallest absolute Gasteiger partial charge is 0.339 e. The molecule has 28 heavy (non-hydrogen) atoms. The van der Waals surface area contributed by atoms with Gasteiger partial charge in [-0.3, -0.25) is 0 Å². The second kappa shape index (κ2) is 8.37. The molecule has 148 valence electrons. The van der Waals surface area contributed by atoms with Crippen LogP contribution in [-0.2, 0) is 4.74 Å².